The Hall–Kier alpha value is -2.53. The topological polar surface area (TPSA) is 49.9 Å². The molecule has 1 amide bonds. The number of amides is 1. The fraction of sp³-hybridized carbons (Fsp3) is 0.364. The summed E-state index contributed by atoms with van der Waals surface area (Å²) in [4.78, 5) is 28.4. The maximum Gasteiger partial charge on any atom is 0.331 e. The zero-order chi connectivity index (χ0) is 19.5. The zero-order valence-electron chi connectivity index (χ0n) is 15.6. The quantitative estimate of drug-likeness (QED) is 0.583. The minimum Gasteiger partial charge on any atom is -0.423 e. The molecule has 146 valence electrons. The van der Waals surface area contributed by atoms with E-state index in [0.717, 1.165) is 32.4 Å². The Labute approximate surface area is 169 Å². The molecule has 2 aromatic carbocycles. The summed E-state index contributed by atoms with van der Waals surface area (Å²) in [7, 11) is 0. The summed E-state index contributed by atoms with van der Waals surface area (Å²) in [5.41, 5.74) is 2.05. The van der Waals surface area contributed by atoms with Crippen LogP contribution in [0.2, 0.25) is 5.02 Å². The molecular weight excluding hydrogens is 376 g/mol. The first kappa shape index (κ1) is 18.8. The summed E-state index contributed by atoms with van der Waals surface area (Å²) >= 11 is 6.08. The predicted molar refractivity (Wildman–Crippen MR) is 109 cm³/mol. The van der Waals surface area contributed by atoms with Crippen molar-refractivity contribution in [1.29, 1.82) is 0 Å². The lowest BCUT2D eigenvalue weighted by Gasteiger charge is -2.35. The van der Waals surface area contributed by atoms with Crippen molar-refractivity contribution in [3.63, 3.8) is 0 Å². The van der Waals surface area contributed by atoms with Gasteiger partial charge < -0.3 is 14.5 Å². The summed E-state index contributed by atoms with van der Waals surface area (Å²) in [6.45, 7) is 1.74. The summed E-state index contributed by atoms with van der Waals surface area (Å²) < 4.78 is 5.25. The molecule has 2 aliphatic rings. The first-order valence-corrected chi connectivity index (χ1v) is 10.0. The number of nitrogens with zero attached hydrogens (tertiary/aromatic N) is 2. The lowest BCUT2D eigenvalue weighted by molar-refractivity contribution is -0.134. The second-order valence-corrected chi connectivity index (χ2v) is 7.89. The first-order valence-electron chi connectivity index (χ1n) is 9.65. The van der Waals surface area contributed by atoms with Gasteiger partial charge in [-0.2, -0.15) is 0 Å². The number of rotatable bonds is 4. The van der Waals surface area contributed by atoms with Crippen LogP contribution in [0.1, 0.15) is 18.4 Å². The lowest BCUT2D eigenvalue weighted by Crippen LogP contribution is -2.47. The minimum atomic E-state index is -0.357. The third-order valence-corrected chi connectivity index (χ3v) is 5.70. The maximum absolute atomic E-state index is 12.8. The van der Waals surface area contributed by atoms with Crippen LogP contribution in [0.4, 0.5) is 5.69 Å². The third kappa shape index (κ3) is 4.30. The van der Waals surface area contributed by atoms with Crippen LogP contribution < -0.4 is 9.64 Å². The Morgan fingerprint density at radius 1 is 1.11 bits per heavy atom. The number of ether oxygens (including phenoxy) is 1. The number of hydrogen-bond acceptors (Lipinski definition) is 4. The molecule has 2 aliphatic heterocycles. The fourth-order valence-electron chi connectivity index (χ4n) is 3.96. The van der Waals surface area contributed by atoms with Crippen molar-refractivity contribution in [2.24, 2.45) is 5.92 Å². The number of anilines is 1. The molecule has 0 saturated carbocycles. The van der Waals surface area contributed by atoms with Gasteiger partial charge >= 0.3 is 5.97 Å². The SMILES string of the molecule is O=C1CN(CC(=O)N2CCC(Cc3ccccc3)CC2)c2cc(Cl)ccc2O1. The van der Waals surface area contributed by atoms with Gasteiger partial charge in [-0.05, 0) is 48.9 Å². The van der Waals surface area contributed by atoms with Crippen LogP contribution in [0.15, 0.2) is 48.5 Å². The standard InChI is InChI=1S/C22H23ClN2O3/c23-18-6-7-20-19(13-18)25(15-22(27)28-20)14-21(26)24-10-8-17(9-11-24)12-16-4-2-1-3-5-16/h1-7,13,17H,8-12,14-15H2. The molecular formula is C22H23ClN2O3. The number of fused-ring (bicyclic) bond motifs is 1. The molecule has 0 radical (unpaired) electrons. The number of piperidine rings is 1. The van der Waals surface area contributed by atoms with Gasteiger partial charge in [0.25, 0.3) is 0 Å². The Kier molecular flexibility index (Phi) is 5.53. The van der Waals surface area contributed by atoms with Gasteiger partial charge in [-0.1, -0.05) is 41.9 Å². The molecule has 2 aromatic rings. The molecule has 5 nitrogen and oxygen atoms in total. The summed E-state index contributed by atoms with van der Waals surface area (Å²) in [6, 6.07) is 15.6. The van der Waals surface area contributed by atoms with Crippen molar-refractivity contribution < 1.29 is 14.3 Å². The van der Waals surface area contributed by atoms with Crippen LogP contribution >= 0.6 is 11.6 Å². The van der Waals surface area contributed by atoms with E-state index in [0.29, 0.717) is 22.4 Å². The molecule has 6 heteroatoms. The average molecular weight is 399 g/mol. The highest BCUT2D eigenvalue weighted by atomic mass is 35.5. The van der Waals surface area contributed by atoms with Gasteiger partial charge in [-0.3, -0.25) is 4.79 Å². The van der Waals surface area contributed by atoms with Crippen molar-refractivity contribution in [3.8, 4) is 5.75 Å². The van der Waals surface area contributed by atoms with Gasteiger partial charge in [0.2, 0.25) is 5.91 Å². The Balaban J connectivity index is 1.35. The molecule has 0 unspecified atom stereocenters. The molecule has 0 N–H and O–H groups in total. The van der Waals surface area contributed by atoms with E-state index in [-0.39, 0.29) is 25.0 Å². The number of carbonyl (C=O) groups excluding carboxylic acids is 2. The second-order valence-electron chi connectivity index (χ2n) is 7.46. The lowest BCUT2D eigenvalue weighted by atomic mass is 9.90. The van der Waals surface area contributed by atoms with Crippen LogP contribution in [0.5, 0.6) is 5.75 Å². The van der Waals surface area contributed by atoms with E-state index in [1.54, 1.807) is 23.1 Å². The number of hydrogen-bond donors (Lipinski definition) is 0. The molecule has 2 heterocycles. The largest absolute Gasteiger partial charge is 0.423 e. The number of benzene rings is 2. The fourth-order valence-corrected chi connectivity index (χ4v) is 4.12. The van der Waals surface area contributed by atoms with Crippen LogP contribution in [-0.4, -0.2) is 43.0 Å². The summed E-state index contributed by atoms with van der Waals surface area (Å²) in [6.07, 6.45) is 3.07. The van der Waals surface area contributed by atoms with E-state index in [4.69, 9.17) is 16.3 Å². The Bertz CT molecular complexity index is 863. The van der Waals surface area contributed by atoms with Gasteiger partial charge in [0, 0.05) is 18.1 Å². The molecule has 1 saturated heterocycles. The van der Waals surface area contributed by atoms with Gasteiger partial charge in [0.15, 0.2) is 5.75 Å². The monoisotopic (exact) mass is 398 g/mol. The number of carbonyl (C=O) groups is 2. The van der Waals surface area contributed by atoms with Crippen molar-refractivity contribution in [3.05, 3.63) is 59.1 Å². The van der Waals surface area contributed by atoms with E-state index in [1.807, 2.05) is 11.0 Å². The van der Waals surface area contributed by atoms with Crippen molar-refractivity contribution >= 4 is 29.2 Å². The number of likely N-dealkylation sites (tertiary alicyclic amines) is 1. The van der Waals surface area contributed by atoms with Crippen LogP contribution in [-0.2, 0) is 16.0 Å². The van der Waals surface area contributed by atoms with Gasteiger partial charge in [-0.15, -0.1) is 0 Å². The van der Waals surface area contributed by atoms with Crippen molar-refractivity contribution in [2.45, 2.75) is 19.3 Å². The smallest absolute Gasteiger partial charge is 0.331 e. The number of halogens is 1. The number of esters is 1. The summed E-state index contributed by atoms with van der Waals surface area (Å²) in [5, 5.41) is 0.552. The normalized spacial score (nSPS) is 17.2. The van der Waals surface area contributed by atoms with Crippen LogP contribution in [0.25, 0.3) is 0 Å². The van der Waals surface area contributed by atoms with E-state index in [9.17, 15) is 9.59 Å². The highest BCUT2D eigenvalue weighted by Crippen LogP contribution is 2.34. The average Bonchev–Trinajstić information content (AvgIpc) is 2.70. The maximum atomic E-state index is 12.8. The van der Waals surface area contributed by atoms with Gasteiger partial charge in [0.05, 0.1) is 12.2 Å². The molecule has 0 aromatic heterocycles. The van der Waals surface area contributed by atoms with Gasteiger partial charge in [0.1, 0.15) is 6.54 Å². The van der Waals surface area contributed by atoms with Gasteiger partial charge in [-0.25, -0.2) is 4.79 Å². The third-order valence-electron chi connectivity index (χ3n) is 5.47. The molecule has 0 bridgehead atoms. The Morgan fingerprint density at radius 3 is 2.61 bits per heavy atom. The molecule has 0 aliphatic carbocycles. The van der Waals surface area contributed by atoms with Crippen molar-refractivity contribution in [2.75, 3.05) is 31.1 Å². The minimum absolute atomic E-state index is 0.0405. The van der Waals surface area contributed by atoms with E-state index < -0.39 is 0 Å². The second kappa shape index (κ2) is 8.23. The van der Waals surface area contributed by atoms with E-state index in [2.05, 4.69) is 24.3 Å². The highest BCUT2D eigenvalue weighted by molar-refractivity contribution is 6.31. The zero-order valence-corrected chi connectivity index (χ0v) is 16.4. The molecule has 1 fully saturated rings. The van der Waals surface area contributed by atoms with Crippen LogP contribution in [0, 0.1) is 5.92 Å². The molecule has 28 heavy (non-hydrogen) atoms. The van der Waals surface area contributed by atoms with E-state index >= 15 is 0 Å². The van der Waals surface area contributed by atoms with Crippen LogP contribution in [0.3, 0.4) is 0 Å². The molecule has 4 rings (SSSR count). The van der Waals surface area contributed by atoms with Crippen molar-refractivity contribution in [1.82, 2.24) is 4.90 Å². The molecule has 0 spiro atoms. The predicted octanol–water partition coefficient (Wildman–Crippen LogP) is 3.55. The molecule has 0 atom stereocenters. The van der Waals surface area contributed by atoms with E-state index in [1.165, 1.54) is 5.56 Å². The highest BCUT2D eigenvalue weighted by Gasteiger charge is 2.29. The Morgan fingerprint density at radius 2 is 1.86 bits per heavy atom. The summed E-state index contributed by atoms with van der Waals surface area (Å²) in [5.74, 6) is 0.744. The first-order chi connectivity index (χ1) is 13.6.